The first-order valence-corrected chi connectivity index (χ1v) is 4.86. The second kappa shape index (κ2) is 3.82. The summed E-state index contributed by atoms with van der Waals surface area (Å²) in [6, 6.07) is 7.51. The van der Waals surface area contributed by atoms with Gasteiger partial charge in [0.2, 0.25) is 0 Å². The van der Waals surface area contributed by atoms with E-state index in [4.69, 9.17) is 5.73 Å². The first-order chi connectivity index (χ1) is 7.16. The molecule has 0 aromatic heterocycles. The van der Waals surface area contributed by atoms with E-state index in [1.54, 1.807) is 0 Å². The lowest BCUT2D eigenvalue weighted by Gasteiger charge is -2.17. The summed E-state index contributed by atoms with van der Waals surface area (Å²) in [5.74, 6) is -0.217. The average Bonchev–Trinajstić information content (AvgIpc) is 2.23. The van der Waals surface area contributed by atoms with Crippen LogP contribution in [0.4, 0.5) is 0 Å². The normalized spacial score (nSPS) is 20.8. The lowest BCUT2D eigenvalue weighted by Crippen LogP contribution is -2.44. The van der Waals surface area contributed by atoms with Crippen LogP contribution < -0.4 is 11.2 Å². The van der Waals surface area contributed by atoms with E-state index < -0.39 is 6.04 Å². The average molecular weight is 203 g/mol. The predicted octanol–water partition coefficient (Wildman–Crippen LogP) is 0.546. The van der Waals surface area contributed by atoms with Gasteiger partial charge in [-0.3, -0.25) is 4.79 Å². The molecule has 1 atom stereocenters. The molecular weight excluding hydrogens is 190 g/mol. The molecule has 1 amide bonds. The molecule has 2 rings (SSSR count). The summed E-state index contributed by atoms with van der Waals surface area (Å²) in [4.78, 5) is 11.1. The highest BCUT2D eigenvalue weighted by molar-refractivity contribution is 6.05. The van der Waals surface area contributed by atoms with Crippen LogP contribution in [0.3, 0.4) is 0 Å². The lowest BCUT2D eigenvalue weighted by molar-refractivity contribution is -0.122. The number of hydrazone groups is 1. The minimum Gasteiger partial charge on any atom is -0.320 e. The molecule has 1 aliphatic heterocycles. The molecule has 1 aliphatic rings. The minimum atomic E-state index is -0.487. The maximum atomic E-state index is 11.1. The van der Waals surface area contributed by atoms with E-state index in [1.807, 2.05) is 31.2 Å². The molecule has 78 valence electrons. The monoisotopic (exact) mass is 203 g/mol. The van der Waals surface area contributed by atoms with Crippen molar-refractivity contribution in [1.82, 2.24) is 5.43 Å². The van der Waals surface area contributed by atoms with Crippen molar-refractivity contribution in [1.29, 1.82) is 0 Å². The number of nitrogens with one attached hydrogen (secondary N) is 1. The van der Waals surface area contributed by atoms with Crippen molar-refractivity contribution in [3.05, 3.63) is 35.4 Å². The van der Waals surface area contributed by atoms with Gasteiger partial charge >= 0.3 is 0 Å². The number of aryl methyl sites for hydroxylation is 1. The van der Waals surface area contributed by atoms with Crippen molar-refractivity contribution in [2.75, 3.05) is 0 Å². The Balaban J connectivity index is 2.25. The molecule has 1 aromatic carbocycles. The number of carbonyl (C=O) groups excluding carboxylic acids is 1. The number of amides is 1. The smallest absolute Gasteiger partial charge is 0.257 e. The summed E-state index contributed by atoms with van der Waals surface area (Å²) in [6.45, 7) is 2.03. The molecular formula is C11H13N3O. The molecule has 3 N–H and O–H groups in total. The van der Waals surface area contributed by atoms with Crippen LogP contribution >= 0.6 is 0 Å². The van der Waals surface area contributed by atoms with Gasteiger partial charge in [-0.25, -0.2) is 5.43 Å². The van der Waals surface area contributed by atoms with Crippen LogP contribution in [-0.4, -0.2) is 17.7 Å². The van der Waals surface area contributed by atoms with Gasteiger partial charge in [-0.05, 0) is 12.5 Å². The second-order valence-corrected chi connectivity index (χ2v) is 3.71. The third-order valence-corrected chi connectivity index (χ3v) is 2.44. The molecule has 1 aromatic rings. The molecule has 0 saturated heterocycles. The van der Waals surface area contributed by atoms with E-state index in [-0.39, 0.29) is 5.91 Å². The summed E-state index contributed by atoms with van der Waals surface area (Å²) in [5.41, 5.74) is 11.1. The van der Waals surface area contributed by atoms with Crippen molar-refractivity contribution >= 4 is 11.6 Å². The number of benzene rings is 1. The Kier molecular flexibility index (Phi) is 2.51. The molecule has 0 unspecified atom stereocenters. The summed E-state index contributed by atoms with van der Waals surface area (Å²) < 4.78 is 0. The highest BCUT2D eigenvalue weighted by Gasteiger charge is 2.21. The van der Waals surface area contributed by atoms with Crippen molar-refractivity contribution in [2.45, 2.75) is 19.4 Å². The molecule has 0 aliphatic carbocycles. The van der Waals surface area contributed by atoms with Crippen molar-refractivity contribution in [3.63, 3.8) is 0 Å². The summed E-state index contributed by atoms with van der Waals surface area (Å²) in [5, 5.41) is 4.00. The standard InChI is InChI=1S/C11H13N3O/c1-7-2-4-8(5-3-7)10-6-9(12)11(15)14-13-10/h2-5,9H,6,12H2,1H3,(H,14,15)/t9-/m0/s1. The number of nitrogens with two attached hydrogens (primary N) is 1. The Morgan fingerprint density at radius 2 is 2.07 bits per heavy atom. The first-order valence-electron chi connectivity index (χ1n) is 4.86. The molecule has 4 heteroatoms. The zero-order chi connectivity index (χ0) is 10.8. The fourth-order valence-electron chi connectivity index (χ4n) is 1.48. The van der Waals surface area contributed by atoms with Crippen LogP contribution in [0.2, 0.25) is 0 Å². The van der Waals surface area contributed by atoms with Gasteiger partial charge in [0.15, 0.2) is 0 Å². The quantitative estimate of drug-likeness (QED) is 0.699. The minimum absolute atomic E-state index is 0.217. The van der Waals surface area contributed by atoms with Crippen molar-refractivity contribution in [2.24, 2.45) is 10.8 Å². The van der Waals surface area contributed by atoms with Crippen LogP contribution in [0.15, 0.2) is 29.4 Å². The van der Waals surface area contributed by atoms with Gasteiger partial charge in [0, 0.05) is 6.42 Å². The molecule has 0 radical (unpaired) electrons. The van der Waals surface area contributed by atoms with Crippen LogP contribution in [0, 0.1) is 6.92 Å². The van der Waals surface area contributed by atoms with Crippen LogP contribution in [0.1, 0.15) is 17.5 Å². The molecule has 1 heterocycles. The van der Waals surface area contributed by atoms with Crippen LogP contribution in [0.5, 0.6) is 0 Å². The van der Waals surface area contributed by atoms with Gasteiger partial charge in [-0.2, -0.15) is 5.10 Å². The Labute approximate surface area is 88.2 Å². The number of nitrogens with zero attached hydrogens (tertiary/aromatic N) is 1. The van der Waals surface area contributed by atoms with Gasteiger partial charge in [0.05, 0.1) is 11.8 Å². The summed E-state index contributed by atoms with van der Waals surface area (Å²) >= 11 is 0. The van der Waals surface area contributed by atoms with E-state index in [0.717, 1.165) is 11.3 Å². The highest BCUT2D eigenvalue weighted by atomic mass is 16.2. The molecule has 0 fully saturated rings. The van der Waals surface area contributed by atoms with Gasteiger partial charge in [0.25, 0.3) is 5.91 Å². The SMILES string of the molecule is Cc1ccc(C2=NNC(=O)[C@@H](N)C2)cc1. The lowest BCUT2D eigenvalue weighted by atomic mass is 10.0. The number of rotatable bonds is 1. The molecule has 0 spiro atoms. The van der Waals surface area contributed by atoms with Gasteiger partial charge in [-0.15, -0.1) is 0 Å². The fraction of sp³-hybridized carbons (Fsp3) is 0.273. The highest BCUT2D eigenvalue weighted by Crippen LogP contribution is 2.10. The molecule has 0 saturated carbocycles. The summed E-state index contributed by atoms with van der Waals surface area (Å²) in [6.07, 6.45) is 0.495. The second-order valence-electron chi connectivity index (χ2n) is 3.71. The van der Waals surface area contributed by atoms with E-state index in [9.17, 15) is 4.79 Å². The van der Waals surface area contributed by atoms with E-state index in [0.29, 0.717) is 6.42 Å². The zero-order valence-electron chi connectivity index (χ0n) is 8.53. The Morgan fingerprint density at radius 3 is 2.67 bits per heavy atom. The van der Waals surface area contributed by atoms with Crippen LogP contribution in [0.25, 0.3) is 0 Å². The molecule has 15 heavy (non-hydrogen) atoms. The Hall–Kier alpha value is -1.68. The number of carbonyl (C=O) groups is 1. The Morgan fingerprint density at radius 1 is 1.40 bits per heavy atom. The molecule has 4 nitrogen and oxygen atoms in total. The maximum Gasteiger partial charge on any atom is 0.257 e. The molecule has 0 bridgehead atoms. The Bertz CT molecular complexity index is 408. The van der Waals surface area contributed by atoms with E-state index in [1.165, 1.54) is 5.56 Å². The third kappa shape index (κ3) is 2.05. The van der Waals surface area contributed by atoms with Gasteiger partial charge in [-0.1, -0.05) is 29.8 Å². The van der Waals surface area contributed by atoms with E-state index >= 15 is 0 Å². The van der Waals surface area contributed by atoms with Crippen molar-refractivity contribution < 1.29 is 4.79 Å². The number of hydrogen-bond acceptors (Lipinski definition) is 3. The van der Waals surface area contributed by atoms with Crippen molar-refractivity contribution in [3.8, 4) is 0 Å². The predicted molar refractivity (Wildman–Crippen MR) is 58.5 cm³/mol. The van der Waals surface area contributed by atoms with Crippen LogP contribution in [-0.2, 0) is 4.79 Å². The first kappa shape index (κ1) is 9.86. The largest absolute Gasteiger partial charge is 0.320 e. The maximum absolute atomic E-state index is 11.1. The third-order valence-electron chi connectivity index (χ3n) is 2.44. The van der Waals surface area contributed by atoms with E-state index in [2.05, 4.69) is 10.5 Å². The zero-order valence-corrected chi connectivity index (χ0v) is 8.53. The topological polar surface area (TPSA) is 67.5 Å². The fourth-order valence-corrected chi connectivity index (χ4v) is 1.48. The van der Waals surface area contributed by atoms with Gasteiger partial charge < -0.3 is 5.73 Å². The number of hydrogen-bond donors (Lipinski definition) is 2. The summed E-state index contributed by atoms with van der Waals surface area (Å²) in [7, 11) is 0. The van der Waals surface area contributed by atoms with Gasteiger partial charge in [0.1, 0.15) is 0 Å².